The maximum Gasteiger partial charge on any atom is 0.390 e. The molecule has 1 nitrogen and oxygen atoms in total. The van der Waals surface area contributed by atoms with E-state index in [1.54, 1.807) is 0 Å². The van der Waals surface area contributed by atoms with Crippen LogP contribution in [0.25, 0.3) is 0 Å². The molecule has 0 heterocycles. The first-order valence-corrected chi connectivity index (χ1v) is 5.28. The van der Waals surface area contributed by atoms with Crippen molar-refractivity contribution >= 4 is 15.9 Å². The fourth-order valence-electron chi connectivity index (χ4n) is 1.38. The Bertz CT molecular complexity index is 389. The van der Waals surface area contributed by atoms with E-state index in [0.717, 1.165) is 0 Å². The lowest BCUT2D eigenvalue weighted by Gasteiger charge is -2.16. The van der Waals surface area contributed by atoms with Crippen LogP contribution in [0.3, 0.4) is 0 Å². The minimum Gasteiger partial charge on any atom is -0.324 e. The molecule has 1 aromatic carbocycles. The first kappa shape index (κ1) is 13.4. The molecule has 1 rings (SSSR count). The molecule has 16 heavy (non-hydrogen) atoms. The van der Waals surface area contributed by atoms with Gasteiger partial charge in [0.05, 0.1) is 6.42 Å². The number of alkyl halides is 3. The predicted octanol–water partition coefficient (Wildman–Crippen LogP) is 3.85. The molecule has 2 N–H and O–H groups in total. The third-order valence-corrected chi connectivity index (χ3v) is 2.56. The Morgan fingerprint density at radius 1 is 1.38 bits per heavy atom. The van der Waals surface area contributed by atoms with Crippen molar-refractivity contribution < 1.29 is 17.6 Å². The van der Waals surface area contributed by atoms with Crippen LogP contribution in [-0.4, -0.2) is 6.18 Å². The maximum atomic E-state index is 13.5. The molecule has 0 spiro atoms. The minimum atomic E-state index is -4.40. The van der Waals surface area contributed by atoms with Crippen molar-refractivity contribution in [3.05, 3.63) is 33.5 Å². The van der Waals surface area contributed by atoms with E-state index >= 15 is 0 Å². The molecule has 1 aromatic rings. The van der Waals surface area contributed by atoms with Crippen LogP contribution in [0.1, 0.15) is 23.6 Å². The van der Waals surface area contributed by atoms with E-state index in [9.17, 15) is 17.6 Å². The summed E-state index contributed by atoms with van der Waals surface area (Å²) in [5, 5.41) is 0. The highest BCUT2D eigenvalue weighted by Crippen LogP contribution is 2.31. The molecule has 6 heteroatoms. The summed E-state index contributed by atoms with van der Waals surface area (Å²) >= 11 is 3.09. The van der Waals surface area contributed by atoms with Gasteiger partial charge in [-0.3, -0.25) is 0 Å². The van der Waals surface area contributed by atoms with Crippen molar-refractivity contribution in [3.8, 4) is 0 Å². The van der Waals surface area contributed by atoms with Crippen molar-refractivity contribution in [1.82, 2.24) is 0 Å². The average molecular weight is 300 g/mol. The number of benzene rings is 1. The second kappa shape index (κ2) is 4.71. The molecule has 0 aromatic heterocycles. The third kappa shape index (κ3) is 3.45. The van der Waals surface area contributed by atoms with Crippen LogP contribution < -0.4 is 5.73 Å². The van der Waals surface area contributed by atoms with Crippen LogP contribution in [0.5, 0.6) is 0 Å². The lowest BCUT2D eigenvalue weighted by molar-refractivity contribution is -0.138. The van der Waals surface area contributed by atoms with E-state index < -0.39 is 24.5 Å². The summed E-state index contributed by atoms with van der Waals surface area (Å²) < 4.78 is 50.4. The van der Waals surface area contributed by atoms with Crippen LogP contribution >= 0.6 is 15.9 Å². The van der Waals surface area contributed by atoms with E-state index in [-0.39, 0.29) is 11.1 Å². The molecule has 0 unspecified atom stereocenters. The second-order valence-corrected chi connectivity index (χ2v) is 4.47. The lowest BCUT2D eigenvalue weighted by Crippen LogP contribution is -2.21. The topological polar surface area (TPSA) is 26.0 Å². The fourth-order valence-corrected chi connectivity index (χ4v) is 1.97. The number of aryl methyl sites for hydroxylation is 1. The van der Waals surface area contributed by atoms with Crippen LogP contribution in [0.4, 0.5) is 17.6 Å². The Morgan fingerprint density at radius 2 is 1.94 bits per heavy atom. The quantitative estimate of drug-likeness (QED) is 0.825. The monoisotopic (exact) mass is 299 g/mol. The maximum absolute atomic E-state index is 13.5. The third-order valence-electron chi connectivity index (χ3n) is 2.10. The van der Waals surface area contributed by atoms with Gasteiger partial charge in [-0.1, -0.05) is 15.9 Å². The first-order valence-electron chi connectivity index (χ1n) is 4.48. The molecular formula is C10H10BrF4N. The molecule has 0 aliphatic heterocycles. The summed E-state index contributed by atoms with van der Waals surface area (Å²) in [7, 11) is 0. The Morgan fingerprint density at radius 3 is 2.44 bits per heavy atom. The Hall–Kier alpha value is -0.620. The number of halogens is 5. The molecule has 1 atom stereocenters. The largest absolute Gasteiger partial charge is 0.390 e. The van der Waals surface area contributed by atoms with Crippen molar-refractivity contribution in [2.45, 2.75) is 25.6 Å². The van der Waals surface area contributed by atoms with E-state index in [4.69, 9.17) is 5.73 Å². The first-order chi connectivity index (χ1) is 7.20. The van der Waals surface area contributed by atoms with Gasteiger partial charge in [-0.05, 0) is 24.6 Å². The van der Waals surface area contributed by atoms with Gasteiger partial charge in [0, 0.05) is 16.1 Å². The SMILES string of the molecule is Cc1cc(Br)cc([C@H](N)CC(F)(F)F)c1F. The number of hydrogen-bond acceptors (Lipinski definition) is 1. The van der Waals surface area contributed by atoms with E-state index in [1.165, 1.54) is 19.1 Å². The molecule has 0 saturated carbocycles. The minimum absolute atomic E-state index is 0.121. The highest BCUT2D eigenvalue weighted by atomic mass is 79.9. The van der Waals surface area contributed by atoms with Gasteiger partial charge < -0.3 is 5.73 Å². The molecule has 0 amide bonds. The number of nitrogens with two attached hydrogens (primary N) is 1. The zero-order valence-corrected chi connectivity index (χ0v) is 9.99. The van der Waals surface area contributed by atoms with Gasteiger partial charge in [0.1, 0.15) is 5.82 Å². The Labute approximate surface area is 98.8 Å². The summed E-state index contributed by atoms with van der Waals surface area (Å²) in [6.07, 6.45) is -5.64. The standard InChI is InChI=1S/C10H10BrF4N/c1-5-2-6(11)3-7(9(5)12)8(16)4-10(13,14)15/h2-3,8H,4,16H2,1H3/t8-/m1/s1. The summed E-state index contributed by atoms with van der Waals surface area (Å²) in [5.74, 6) is -0.681. The molecule has 0 aliphatic carbocycles. The van der Waals surface area contributed by atoms with Gasteiger partial charge >= 0.3 is 6.18 Å². The fraction of sp³-hybridized carbons (Fsp3) is 0.400. The van der Waals surface area contributed by atoms with Crippen molar-refractivity contribution in [3.63, 3.8) is 0 Å². The summed E-state index contributed by atoms with van der Waals surface area (Å²) in [6, 6.07) is 1.38. The van der Waals surface area contributed by atoms with Crippen molar-refractivity contribution in [2.75, 3.05) is 0 Å². The normalized spacial score (nSPS) is 13.9. The molecular weight excluding hydrogens is 290 g/mol. The molecule has 0 aliphatic rings. The van der Waals surface area contributed by atoms with Crippen LogP contribution in [0.15, 0.2) is 16.6 Å². The molecule has 0 fully saturated rings. The number of rotatable bonds is 2. The lowest BCUT2D eigenvalue weighted by atomic mass is 10.0. The van der Waals surface area contributed by atoms with Gasteiger partial charge in [-0.2, -0.15) is 13.2 Å². The number of hydrogen-bond donors (Lipinski definition) is 1. The van der Waals surface area contributed by atoms with Crippen LogP contribution in [0, 0.1) is 12.7 Å². The predicted molar refractivity (Wildman–Crippen MR) is 56.4 cm³/mol. The van der Waals surface area contributed by atoms with Crippen LogP contribution in [-0.2, 0) is 0 Å². The van der Waals surface area contributed by atoms with Crippen molar-refractivity contribution in [2.24, 2.45) is 5.73 Å². The summed E-state index contributed by atoms with van der Waals surface area (Å²) in [5.41, 5.74) is 5.48. The van der Waals surface area contributed by atoms with Gasteiger partial charge in [-0.15, -0.1) is 0 Å². The van der Waals surface area contributed by atoms with E-state index in [1.807, 2.05) is 0 Å². The van der Waals surface area contributed by atoms with E-state index in [2.05, 4.69) is 15.9 Å². The van der Waals surface area contributed by atoms with Gasteiger partial charge in [0.2, 0.25) is 0 Å². The highest BCUT2D eigenvalue weighted by Gasteiger charge is 2.32. The zero-order chi connectivity index (χ0) is 12.5. The van der Waals surface area contributed by atoms with Gasteiger partial charge in [0.15, 0.2) is 0 Å². The smallest absolute Gasteiger partial charge is 0.324 e. The van der Waals surface area contributed by atoms with Crippen LogP contribution in [0.2, 0.25) is 0 Å². The zero-order valence-electron chi connectivity index (χ0n) is 8.41. The highest BCUT2D eigenvalue weighted by molar-refractivity contribution is 9.10. The van der Waals surface area contributed by atoms with E-state index in [0.29, 0.717) is 4.47 Å². The summed E-state index contributed by atoms with van der Waals surface area (Å²) in [4.78, 5) is 0. The van der Waals surface area contributed by atoms with Crippen molar-refractivity contribution in [1.29, 1.82) is 0 Å². The molecule has 90 valence electrons. The molecule has 0 radical (unpaired) electrons. The molecule has 0 saturated heterocycles. The Kier molecular flexibility index (Phi) is 3.96. The molecule has 0 bridgehead atoms. The van der Waals surface area contributed by atoms with Gasteiger partial charge in [-0.25, -0.2) is 4.39 Å². The average Bonchev–Trinajstić information content (AvgIpc) is 2.08. The summed E-state index contributed by atoms with van der Waals surface area (Å²) in [6.45, 7) is 1.48. The second-order valence-electron chi connectivity index (χ2n) is 3.55. The Balaban J connectivity index is 3.04. The van der Waals surface area contributed by atoms with Gasteiger partial charge in [0.25, 0.3) is 0 Å².